The fourth-order valence-corrected chi connectivity index (χ4v) is 1.84. The monoisotopic (exact) mass is 265 g/mol. The Morgan fingerprint density at radius 3 is 2.58 bits per heavy atom. The summed E-state index contributed by atoms with van der Waals surface area (Å²) in [4.78, 5) is 11.6. The Morgan fingerprint density at radius 1 is 1.32 bits per heavy atom. The molecule has 1 atom stereocenters. The third-order valence-electron chi connectivity index (χ3n) is 3.09. The summed E-state index contributed by atoms with van der Waals surface area (Å²) in [5.41, 5.74) is 3.44. The lowest BCUT2D eigenvalue weighted by Gasteiger charge is -2.17. The number of ether oxygens (including phenoxy) is 2. The molecule has 1 rings (SSSR count). The number of carbonyl (C=O) groups is 1. The minimum absolute atomic E-state index is 0.263. The van der Waals surface area contributed by atoms with Gasteiger partial charge in [0.15, 0.2) is 0 Å². The van der Waals surface area contributed by atoms with Gasteiger partial charge < -0.3 is 14.8 Å². The molecule has 1 aromatic rings. The van der Waals surface area contributed by atoms with Crippen LogP contribution in [0.2, 0.25) is 0 Å². The van der Waals surface area contributed by atoms with Gasteiger partial charge >= 0.3 is 5.97 Å². The molecular formula is C15H23NO3. The van der Waals surface area contributed by atoms with E-state index in [1.807, 2.05) is 19.9 Å². The second-order valence-corrected chi connectivity index (χ2v) is 4.61. The second-order valence-electron chi connectivity index (χ2n) is 4.61. The molecule has 0 heterocycles. The van der Waals surface area contributed by atoms with Crippen LogP contribution in [0.4, 0.5) is 0 Å². The molecule has 0 saturated heterocycles. The van der Waals surface area contributed by atoms with Gasteiger partial charge in [0.05, 0.1) is 6.61 Å². The maximum Gasteiger partial charge on any atom is 0.326 e. The molecule has 0 saturated carbocycles. The predicted molar refractivity (Wildman–Crippen MR) is 75.6 cm³/mol. The predicted octanol–water partition coefficient (Wildman–Crippen LogP) is 2.14. The van der Waals surface area contributed by atoms with E-state index in [-0.39, 0.29) is 12.6 Å². The Labute approximate surface area is 115 Å². The standard InChI is InChI=1S/C15H23NO3/c1-6-18-15(17)13(16-5)9-19-14-8-10(2)7-11(3)12(14)4/h7-8,13,16H,6,9H2,1-5H3. The van der Waals surface area contributed by atoms with Crippen molar-refractivity contribution in [1.82, 2.24) is 5.32 Å². The van der Waals surface area contributed by atoms with Gasteiger partial charge in [-0.05, 0) is 57.5 Å². The van der Waals surface area contributed by atoms with E-state index in [0.717, 1.165) is 16.9 Å². The van der Waals surface area contributed by atoms with Gasteiger partial charge in [-0.3, -0.25) is 4.79 Å². The van der Waals surface area contributed by atoms with Crippen molar-refractivity contribution < 1.29 is 14.3 Å². The lowest BCUT2D eigenvalue weighted by Crippen LogP contribution is -2.40. The van der Waals surface area contributed by atoms with E-state index in [9.17, 15) is 4.79 Å². The van der Waals surface area contributed by atoms with Crippen LogP contribution in [0.25, 0.3) is 0 Å². The van der Waals surface area contributed by atoms with E-state index in [2.05, 4.69) is 18.3 Å². The van der Waals surface area contributed by atoms with Crippen LogP contribution in [0, 0.1) is 20.8 Å². The number of likely N-dealkylation sites (N-methyl/N-ethyl adjacent to an activating group) is 1. The zero-order valence-corrected chi connectivity index (χ0v) is 12.4. The van der Waals surface area contributed by atoms with Crippen LogP contribution in [-0.2, 0) is 9.53 Å². The molecule has 0 fully saturated rings. The van der Waals surface area contributed by atoms with Gasteiger partial charge in [0.1, 0.15) is 18.4 Å². The first-order valence-corrected chi connectivity index (χ1v) is 6.54. The van der Waals surface area contributed by atoms with Crippen molar-refractivity contribution in [2.24, 2.45) is 0 Å². The zero-order chi connectivity index (χ0) is 14.4. The lowest BCUT2D eigenvalue weighted by atomic mass is 10.1. The SMILES string of the molecule is CCOC(=O)C(COc1cc(C)cc(C)c1C)NC. The number of carbonyl (C=O) groups excluding carboxylic acids is 1. The van der Waals surface area contributed by atoms with Crippen molar-refractivity contribution in [3.63, 3.8) is 0 Å². The summed E-state index contributed by atoms with van der Waals surface area (Å²) in [6, 6.07) is 3.66. The Morgan fingerprint density at radius 2 is 2.00 bits per heavy atom. The number of rotatable bonds is 6. The van der Waals surface area contributed by atoms with Gasteiger partial charge in [0.2, 0.25) is 0 Å². The first-order valence-electron chi connectivity index (χ1n) is 6.54. The van der Waals surface area contributed by atoms with Gasteiger partial charge in [0, 0.05) is 0 Å². The molecule has 0 radical (unpaired) electrons. The fraction of sp³-hybridized carbons (Fsp3) is 0.533. The van der Waals surface area contributed by atoms with Crippen LogP contribution in [0.15, 0.2) is 12.1 Å². The third kappa shape index (κ3) is 4.24. The quantitative estimate of drug-likeness (QED) is 0.801. The van der Waals surface area contributed by atoms with Crippen LogP contribution in [-0.4, -0.2) is 32.3 Å². The summed E-state index contributed by atoms with van der Waals surface area (Å²) in [6.07, 6.45) is 0. The number of aryl methyl sites for hydroxylation is 2. The Bertz CT molecular complexity index is 443. The Kier molecular flexibility index (Phi) is 5.83. The van der Waals surface area contributed by atoms with Gasteiger partial charge in [-0.15, -0.1) is 0 Å². The van der Waals surface area contributed by atoms with Gasteiger partial charge in [-0.2, -0.15) is 0 Å². The van der Waals surface area contributed by atoms with Crippen LogP contribution in [0.1, 0.15) is 23.6 Å². The highest BCUT2D eigenvalue weighted by atomic mass is 16.5. The number of esters is 1. The first kappa shape index (κ1) is 15.5. The van der Waals surface area contributed by atoms with Crippen molar-refractivity contribution in [2.75, 3.05) is 20.3 Å². The second kappa shape index (κ2) is 7.14. The molecule has 0 spiro atoms. The molecule has 0 aliphatic rings. The molecule has 0 aliphatic heterocycles. The van der Waals surface area contributed by atoms with Crippen LogP contribution >= 0.6 is 0 Å². The van der Waals surface area contributed by atoms with Crippen LogP contribution < -0.4 is 10.1 Å². The fourth-order valence-electron chi connectivity index (χ4n) is 1.84. The van der Waals surface area contributed by atoms with Crippen LogP contribution in [0.3, 0.4) is 0 Å². The minimum atomic E-state index is -0.444. The summed E-state index contributed by atoms with van der Waals surface area (Å²) in [6.45, 7) is 8.53. The maximum absolute atomic E-state index is 11.6. The van der Waals surface area contributed by atoms with E-state index in [1.165, 1.54) is 5.56 Å². The summed E-state index contributed by atoms with van der Waals surface area (Å²) in [5, 5.41) is 2.91. The number of hydrogen-bond donors (Lipinski definition) is 1. The molecule has 1 aromatic carbocycles. The molecular weight excluding hydrogens is 242 g/mol. The summed E-state index contributed by atoms with van der Waals surface area (Å²) in [7, 11) is 1.72. The lowest BCUT2D eigenvalue weighted by molar-refractivity contribution is -0.146. The summed E-state index contributed by atoms with van der Waals surface area (Å²) < 4.78 is 10.7. The van der Waals surface area contributed by atoms with Crippen molar-refractivity contribution >= 4 is 5.97 Å². The van der Waals surface area contributed by atoms with E-state index in [1.54, 1.807) is 14.0 Å². The highest BCUT2D eigenvalue weighted by molar-refractivity contribution is 5.75. The average Bonchev–Trinajstić information content (AvgIpc) is 2.36. The average molecular weight is 265 g/mol. The van der Waals surface area contributed by atoms with Crippen LogP contribution in [0.5, 0.6) is 5.75 Å². The van der Waals surface area contributed by atoms with Crippen molar-refractivity contribution in [1.29, 1.82) is 0 Å². The van der Waals surface area contributed by atoms with Gasteiger partial charge in [-0.25, -0.2) is 0 Å². The molecule has 1 unspecified atom stereocenters. The highest BCUT2D eigenvalue weighted by Gasteiger charge is 2.18. The molecule has 19 heavy (non-hydrogen) atoms. The van der Waals surface area contributed by atoms with E-state index >= 15 is 0 Å². The topological polar surface area (TPSA) is 47.6 Å². The molecule has 0 aliphatic carbocycles. The Hall–Kier alpha value is -1.55. The first-order chi connectivity index (χ1) is 8.99. The van der Waals surface area contributed by atoms with E-state index in [0.29, 0.717) is 6.61 Å². The molecule has 4 heteroatoms. The van der Waals surface area contributed by atoms with Gasteiger partial charge in [0.25, 0.3) is 0 Å². The van der Waals surface area contributed by atoms with E-state index in [4.69, 9.17) is 9.47 Å². The number of nitrogens with one attached hydrogen (secondary N) is 1. The maximum atomic E-state index is 11.6. The van der Waals surface area contributed by atoms with Crippen molar-refractivity contribution in [3.8, 4) is 5.75 Å². The van der Waals surface area contributed by atoms with Crippen molar-refractivity contribution in [3.05, 3.63) is 28.8 Å². The summed E-state index contributed by atoms with van der Waals surface area (Å²) >= 11 is 0. The summed E-state index contributed by atoms with van der Waals surface area (Å²) in [5.74, 6) is 0.536. The molecule has 106 valence electrons. The van der Waals surface area contributed by atoms with Crippen molar-refractivity contribution in [2.45, 2.75) is 33.7 Å². The third-order valence-corrected chi connectivity index (χ3v) is 3.09. The number of hydrogen-bond acceptors (Lipinski definition) is 4. The molecule has 4 nitrogen and oxygen atoms in total. The molecule has 0 aromatic heterocycles. The molecule has 0 amide bonds. The highest BCUT2D eigenvalue weighted by Crippen LogP contribution is 2.23. The zero-order valence-electron chi connectivity index (χ0n) is 12.4. The molecule has 1 N–H and O–H groups in total. The Balaban J connectivity index is 2.72. The smallest absolute Gasteiger partial charge is 0.326 e. The normalized spacial score (nSPS) is 12.1. The molecule has 0 bridgehead atoms. The number of benzene rings is 1. The van der Waals surface area contributed by atoms with Gasteiger partial charge in [-0.1, -0.05) is 6.07 Å². The largest absolute Gasteiger partial charge is 0.491 e. The minimum Gasteiger partial charge on any atom is -0.491 e. The van der Waals surface area contributed by atoms with E-state index < -0.39 is 6.04 Å².